The highest BCUT2D eigenvalue weighted by atomic mass is 32.1. The number of aryl methyl sites for hydroxylation is 1. The molecule has 0 amide bonds. The number of rotatable bonds is 4. The molecule has 0 saturated heterocycles. The van der Waals surface area contributed by atoms with Crippen molar-refractivity contribution in [3.8, 4) is 0 Å². The molecule has 3 rings (SSSR count). The predicted molar refractivity (Wildman–Crippen MR) is 76.0 cm³/mol. The van der Waals surface area contributed by atoms with Gasteiger partial charge in [0.1, 0.15) is 0 Å². The molecule has 0 aromatic carbocycles. The van der Waals surface area contributed by atoms with E-state index in [1.807, 2.05) is 11.3 Å². The lowest BCUT2D eigenvalue weighted by Gasteiger charge is -2.23. The molecule has 1 aliphatic rings. The molecule has 1 atom stereocenters. The molecule has 17 heavy (non-hydrogen) atoms. The number of hydrogen-bond acceptors (Lipinski definition) is 3. The zero-order valence-electron chi connectivity index (χ0n) is 9.82. The fourth-order valence-electron chi connectivity index (χ4n) is 2.52. The van der Waals surface area contributed by atoms with Gasteiger partial charge < -0.3 is 5.32 Å². The van der Waals surface area contributed by atoms with Crippen LogP contribution in [0.5, 0.6) is 0 Å². The van der Waals surface area contributed by atoms with Gasteiger partial charge in [0.25, 0.3) is 0 Å². The highest BCUT2D eigenvalue weighted by Gasteiger charge is 2.20. The third-order valence-corrected chi connectivity index (χ3v) is 5.17. The van der Waals surface area contributed by atoms with Gasteiger partial charge in [0, 0.05) is 10.9 Å². The molecule has 0 radical (unpaired) electrons. The van der Waals surface area contributed by atoms with Crippen LogP contribution in [0.1, 0.15) is 34.9 Å². The summed E-state index contributed by atoms with van der Waals surface area (Å²) in [7, 11) is 0. The molecule has 2 aromatic heterocycles. The molecule has 1 unspecified atom stereocenters. The standard InChI is InChI=1S/C14H17NS2/c1-2-13(12-6-9-17-14(12)3-1)15-7-4-11-5-8-16-10-11/h5-6,8-10,13,15H,1-4,7H2. The topological polar surface area (TPSA) is 12.0 Å². The van der Waals surface area contributed by atoms with Gasteiger partial charge in [0.2, 0.25) is 0 Å². The van der Waals surface area contributed by atoms with Gasteiger partial charge in [0.05, 0.1) is 0 Å². The molecule has 2 aromatic rings. The van der Waals surface area contributed by atoms with Crippen LogP contribution in [0, 0.1) is 0 Å². The maximum atomic E-state index is 3.71. The van der Waals surface area contributed by atoms with E-state index in [2.05, 4.69) is 33.6 Å². The first-order chi connectivity index (χ1) is 8.43. The molecule has 0 bridgehead atoms. The Bertz CT molecular complexity index is 458. The summed E-state index contributed by atoms with van der Waals surface area (Å²) in [4.78, 5) is 1.60. The smallest absolute Gasteiger partial charge is 0.0331 e. The van der Waals surface area contributed by atoms with Gasteiger partial charge in [-0.15, -0.1) is 11.3 Å². The Morgan fingerprint density at radius 3 is 3.18 bits per heavy atom. The highest BCUT2D eigenvalue weighted by Crippen LogP contribution is 2.33. The number of nitrogens with one attached hydrogen (secondary N) is 1. The number of hydrogen-bond donors (Lipinski definition) is 1. The SMILES string of the molecule is c1cc(CCNC2CCCc3sccc32)cs1. The Hall–Kier alpha value is -0.640. The summed E-state index contributed by atoms with van der Waals surface area (Å²) >= 11 is 3.71. The van der Waals surface area contributed by atoms with Crippen LogP contribution in [0.2, 0.25) is 0 Å². The van der Waals surface area contributed by atoms with Gasteiger partial charge in [-0.3, -0.25) is 0 Å². The van der Waals surface area contributed by atoms with Crippen LogP contribution in [-0.2, 0) is 12.8 Å². The molecule has 1 N–H and O–H groups in total. The van der Waals surface area contributed by atoms with Gasteiger partial charge in [0.15, 0.2) is 0 Å². The van der Waals surface area contributed by atoms with E-state index >= 15 is 0 Å². The molecule has 2 heterocycles. The van der Waals surface area contributed by atoms with Gasteiger partial charge in [-0.1, -0.05) is 0 Å². The van der Waals surface area contributed by atoms with Crippen molar-refractivity contribution >= 4 is 22.7 Å². The molecule has 90 valence electrons. The van der Waals surface area contributed by atoms with Gasteiger partial charge in [-0.25, -0.2) is 0 Å². The van der Waals surface area contributed by atoms with E-state index in [1.54, 1.807) is 21.8 Å². The quantitative estimate of drug-likeness (QED) is 0.878. The lowest BCUT2D eigenvalue weighted by Crippen LogP contribution is -2.26. The summed E-state index contributed by atoms with van der Waals surface area (Å²) in [5.74, 6) is 0. The fourth-order valence-corrected chi connectivity index (χ4v) is 4.21. The monoisotopic (exact) mass is 263 g/mol. The molecule has 3 heteroatoms. The zero-order chi connectivity index (χ0) is 11.5. The Morgan fingerprint density at radius 1 is 1.29 bits per heavy atom. The molecule has 0 saturated carbocycles. The molecule has 0 spiro atoms. The minimum Gasteiger partial charge on any atom is -0.310 e. The largest absolute Gasteiger partial charge is 0.310 e. The molecule has 1 nitrogen and oxygen atoms in total. The van der Waals surface area contributed by atoms with Crippen molar-refractivity contribution in [2.24, 2.45) is 0 Å². The summed E-state index contributed by atoms with van der Waals surface area (Å²) in [5.41, 5.74) is 3.02. The Kier molecular flexibility index (Phi) is 3.60. The first kappa shape index (κ1) is 11.5. The van der Waals surface area contributed by atoms with Crippen molar-refractivity contribution in [3.05, 3.63) is 44.3 Å². The Morgan fingerprint density at radius 2 is 2.29 bits per heavy atom. The van der Waals surface area contributed by atoms with Crippen LogP contribution in [-0.4, -0.2) is 6.54 Å². The summed E-state index contributed by atoms with van der Waals surface area (Å²) in [6.07, 6.45) is 5.08. The molecular formula is C14H17NS2. The van der Waals surface area contributed by atoms with Crippen molar-refractivity contribution < 1.29 is 0 Å². The van der Waals surface area contributed by atoms with E-state index in [0.717, 1.165) is 13.0 Å². The summed E-state index contributed by atoms with van der Waals surface area (Å²) < 4.78 is 0. The normalized spacial score (nSPS) is 19.2. The second kappa shape index (κ2) is 5.34. The minimum absolute atomic E-state index is 0.601. The molecule has 0 aliphatic heterocycles. The lowest BCUT2D eigenvalue weighted by atomic mass is 9.94. The van der Waals surface area contributed by atoms with Crippen molar-refractivity contribution in [2.75, 3.05) is 6.54 Å². The van der Waals surface area contributed by atoms with E-state index in [0.29, 0.717) is 6.04 Å². The van der Waals surface area contributed by atoms with Crippen LogP contribution in [0.4, 0.5) is 0 Å². The predicted octanol–water partition coefficient (Wildman–Crippen LogP) is 4.02. The van der Waals surface area contributed by atoms with E-state index in [1.165, 1.54) is 24.8 Å². The van der Waals surface area contributed by atoms with E-state index in [4.69, 9.17) is 0 Å². The average molecular weight is 263 g/mol. The zero-order valence-corrected chi connectivity index (χ0v) is 11.4. The van der Waals surface area contributed by atoms with Crippen molar-refractivity contribution in [1.82, 2.24) is 5.32 Å². The average Bonchev–Trinajstić information content (AvgIpc) is 2.99. The van der Waals surface area contributed by atoms with Crippen LogP contribution in [0.3, 0.4) is 0 Å². The van der Waals surface area contributed by atoms with Crippen molar-refractivity contribution in [3.63, 3.8) is 0 Å². The maximum Gasteiger partial charge on any atom is 0.0331 e. The first-order valence-corrected chi connectivity index (χ1v) is 8.06. The number of thiophene rings is 2. The van der Waals surface area contributed by atoms with Crippen molar-refractivity contribution in [2.45, 2.75) is 31.7 Å². The lowest BCUT2D eigenvalue weighted by molar-refractivity contribution is 0.467. The Balaban J connectivity index is 1.57. The highest BCUT2D eigenvalue weighted by molar-refractivity contribution is 7.10. The Labute approximate surface area is 111 Å². The van der Waals surface area contributed by atoms with Crippen LogP contribution in [0.25, 0.3) is 0 Å². The van der Waals surface area contributed by atoms with Gasteiger partial charge in [-0.2, -0.15) is 11.3 Å². The van der Waals surface area contributed by atoms with Crippen LogP contribution >= 0.6 is 22.7 Å². The maximum absolute atomic E-state index is 3.71. The van der Waals surface area contributed by atoms with E-state index in [-0.39, 0.29) is 0 Å². The molecular weight excluding hydrogens is 246 g/mol. The third kappa shape index (κ3) is 2.62. The summed E-state index contributed by atoms with van der Waals surface area (Å²) in [6.45, 7) is 1.09. The van der Waals surface area contributed by atoms with Crippen LogP contribution < -0.4 is 5.32 Å². The molecule has 1 aliphatic carbocycles. The van der Waals surface area contributed by atoms with Crippen molar-refractivity contribution in [1.29, 1.82) is 0 Å². The first-order valence-electron chi connectivity index (χ1n) is 6.24. The van der Waals surface area contributed by atoms with Crippen LogP contribution in [0.15, 0.2) is 28.3 Å². The minimum atomic E-state index is 0.601. The fraction of sp³-hybridized carbons (Fsp3) is 0.429. The molecule has 0 fully saturated rings. The third-order valence-electron chi connectivity index (χ3n) is 3.44. The second-order valence-corrected chi connectivity index (χ2v) is 6.36. The van der Waals surface area contributed by atoms with E-state index in [9.17, 15) is 0 Å². The second-order valence-electron chi connectivity index (χ2n) is 4.58. The summed E-state index contributed by atoms with van der Waals surface area (Å²) in [5, 5.41) is 10.4. The van der Waals surface area contributed by atoms with E-state index < -0.39 is 0 Å². The summed E-state index contributed by atoms with van der Waals surface area (Å²) in [6, 6.07) is 5.13. The number of fused-ring (bicyclic) bond motifs is 1. The van der Waals surface area contributed by atoms with Gasteiger partial charge >= 0.3 is 0 Å². The van der Waals surface area contributed by atoms with Gasteiger partial charge in [-0.05, 0) is 71.6 Å².